The van der Waals surface area contributed by atoms with E-state index >= 15 is 0 Å². The Hall–Kier alpha value is -3.18. The molecule has 0 spiro atoms. The first kappa shape index (κ1) is 20.4. The average Bonchev–Trinajstić information content (AvgIpc) is 3.64. The Balaban J connectivity index is 1.27. The van der Waals surface area contributed by atoms with Crippen molar-refractivity contribution in [3.05, 3.63) is 41.2 Å². The molecule has 1 aromatic carbocycles. The number of hydrogen-bond donors (Lipinski definition) is 3. The summed E-state index contributed by atoms with van der Waals surface area (Å²) in [4.78, 5) is 22.3. The van der Waals surface area contributed by atoms with Crippen LogP contribution in [0, 0.1) is 0 Å². The Kier molecular flexibility index (Phi) is 5.35. The quantitative estimate of drug-likeness (QED) is 0.521. The van der Waals surface area contributed by atoms with Gasteiger partial charge in [0.2, 0.25) is 0 Å². The number of hydrogen-bond acceptors (Lipinski definition) is 9. The predicted octanol–water partition coefficient (Wildman–Crippen LogP) is 2.80. The number of H-pyrrole nitrogens is 1. The number of carbonyl (C=O) groups excluding carboxylic acids is 1. The molecule has 1 atom stereocenters. The maximum atomic E-state index is 13.1. The van der Waals surface area contributed by atoms with Gasteiger partial charge in [-0.05, 0) is 18.9 Å². The lowest BCUT2D eigenvalue weighted by atomic mass is 10.2. The molecule has 0 radical (unpaired) electrons. The van der Waals surface area contributed by atoms with Gasteiger partial charge in [-0.2, -0.15) is 10.1 Å². The highest BCUT2D eigenvalue weighted by Gasteiger charge is 2.26. The van der Waals surface area contributed by atoms with Crippen LogP contribution in [0.25, 0.3) is 11.1 Å². The standard InChI is InChI=1S/C22H25N7O3S/c30-20(17-13-33-21(26-17)14-11-23-24-12-14)25-15-10-19-16(9-18(15)28-3-1-2-4-28)27-22(32-19)29-5-7-31-8-6-29/h9-13,21,26H,1-8H2,(H,23,24)(H,25,30). The Labute approximate surface area is 194 Å². The molecule has 11 heteroatoms. The van der Waals surface area contributed by atoms with Crippen LogP contribution >= 0.6 is 11.8 Å². The number of amides is 1. The minimum atomic E-state index is -0.179. The van der Waals surface area contributed by atoms with E-state index in [4.69, 9.17) is 14.1 Å². The number of nitrogens with one attached hydrogen (secondary N) is 3. The van der Waals surface area contributed by atoms with Crippen LogP contribution in [0.2, 0.25) is 0 Å². The van der Waals surface area contributed by atoms with Gasteiger partial charge in [-0.3, -0.25) is 9.89 Å². The number of oxazole rings is 1. The van der Waals surface area contributed by atoms with Gasteiger partial charge in [0.25, 0.3) is 11.9 Å². The number of carbonyl (C=O) groups is 1. The van der Waals surface area contributed by atoms with Crippen LogP contribution in [0.1, 0.15) is 23.8 Å². The van der Waals surface area contributed by atoms with Crippen LogP contribution in [0.3, 0.4) is 0 Å². The van der Waals surface area contributed by atoms with Crippen molar-refractivity contribution in [1.82, 2.24) is 20.5 Å². The van der Waals surface area contributed by atoms with Gasteiger partial charge in [-0.1, -0.05) is 0 Å². The normalized spacial score (nSPS) is 20.8. The highest BCUT2D eigenvalue weighted by Crippen LogP contribution is 2.37. The van der Waals surface area contributed by atoms with Crippen molar-refractivity contribution in [2.24, 2.45) is 0 Å². The van der Waals surface area contributed by atoms with Crippen LogP contribution in [0.4, 0.5) is 17.4 Å². The van der Waals surface area contributed by atoms with E-state index in [1.807, 2.05) is 23.7 Å². The molecule has 3 aliphatic rings. The minimum Gasteiger partial charge on any atom is -0.423 e. The van der Waals surface area contributed by atoms with E-state index in [-0.39, 0.29) is 11.3 Å². The zero-order chi connectivity index (χ0) is 22.2. The Morgan fingerprint density at radius 3 is 2.79 bits per heavy atom. The number of morpholine rings is 1. The summed E-state index contributed by atoms with van der Waals surface area (Å²) in [5.41, 5.74) is 4.70. The third-order valence-corrected chi connectivity index (χ3v) is 7.18. The molecule has 5 heterocycles. The molecule has 0 saturated carbocycles. The largest absolute Gasteiger partial charge is 0.423 e. The van der Waals surface area contributed by atoms with Crippen molar-refractivity contribution >= 4 is 46.2 Å². The first-order chi connectivity index (χ1) is 16.2. The monoisotopic (exact) mass is 467 g/mol. The van der Waals surface area contributed by atoms with E-state index in [0.29, 0.717) is 30.5 Å². The fraction of sp³-hybridized carbons (Fsp3) is 0.409. The number of benzene rings is 1. The molecule has 2 fully saturated rings. The lowest BCUT2D eigenvalue weighted by molar-refractivity contribution is -0.113. The maximum absolute atomic E-state index is 13.1. The highest BCUT2D eigenvalue weighted by atomic mass is 32.2. The molecule has 33 heavy (non-hydrogen) atoms. The third-order valence-electron chi connectivity index (χ3n) is 6.15. The van der Waals surface area contributed by atoms with Crippen molar-refractivity contribution in [3.63, 3.8) is 0 Å². The summed E-state index contributed by atoms with van der Waals surface area (Å²) < 4.78 is 11.5. The van der Waals surface area contributed by atoms with Crippen LogP contribution in [0.15, 0.2) is 40.0 Å². The van der Waals surface area contributed by atoms with E-state index in [1.54, 1.807) is 18.0 Å². The van der Waals surface area contributed by atoms with Crippen LogP contribution in [-0.4, -0.2) is 60.5 Å². The number of nitrogens with zero attached hydrogens (tertiary/aromatic N) is 4. The first-order valence-electron chi connectivity index (χ1n) is 11.2. The summed E-state index contributed by atoms with van der Waals surface area (Å²) in [6.07, 6.45) is 5.86. The molecule has 10 nitrogen and oxygen atoms in total. The van der Waals surface area contributed by atoms with Crippen LogP contribution in [-0.2, 0) is 9.53 Å². The Morgan fingerprint density at radius 1 is 1.15 bits per heavy atom. The molecule has 2 saturated heterocycles. The topological polar surface area (TPSA) is 112 Å². The highest BCUT2D eigenvalue weighted by molar-refractivity contribution is 8.02. The van der Waals surface area contributed by atoms with Gasteiger partial charge in [0.05, 0.1) is 30.8 Å². The Morgan fingerprint density at radius 2 is 2.00 bits per heavy atom. The second-order valence-electron chi connectivity index (χ2n) is 8.30. The SMILES string of the molecule is O=C(Nc1cc2oc(N3CCOCC3)nc2cc1N1CCCC1)C1=CSC(c2cn[nH]c2)N1. The van der Waals surface area contributed by atoms with Gasteiger partial charge in [-0.15, -0.1) is 11.8 Å². The molecule has 172 valence electrons. The molecule has 3 aromatic rings. The van der Waals surface area contributed by atoms with Gasteiger partial charge in [0.1, 0.15) is 16.6 Å². The minimum absolute atomic E-state index is 0.0320. The van der Waals surface area contributed by atoms with Crippen LogP contribution in [0.5, 0.6) is 0 Å². The average molecular weight is 468 g/mol. The van der Waals surface area contributed by atoms with Gasteiger partial charge in [0, 0.05) is 49.4 Å². The number of aromatic nitrogens is 3. The Bertz CT molecular complexity index is 1180. The molecule has 0 aliphatic carbocycles. The molecule has 0 bridgehead atoms. The fourth-order valence-corrected chi connectivity index (χ4v) is 5.31. The van der Waals surface area contributed by atoms with Gasteiger partial charge >= 0.3 is 0 Å². The third kappa shape index (κ3) is 4.02. The zero-order valence-corrected chi connectivity index (χ0v) is 18.9. The molecule has 6 rings (SSSR count). The van der Waals surface area contributed by atoms with Crippen molar-refractivity contribution in [2.45, 2.75) is 18.2 Å². The fourth-order valence-electron chi connectivity index (χ4n) is 4.38. The second kappa shape index (κ2) is 8.64. The summed E-state index contributed by atoms with van der Waals surface area (Å²) in [5.74, 6) is -0.179. The number of fused-ring (bicyclic) bond motifs is 1. The van der Waals surface area contributed by atoms with E-state index in [0.717, 1.165) is 61.5 Å². The summed E-state index contributed by atoms with van der Waals surface area (Å²) in [6.45, 7) is 4.76. The molecule has 1 unspecified atom stereocenters. The van der Waals surface area contributed by atoms with Crippen LogP contribution < -0.4 is 20.4 Å². The van der Waals surface area contributed by atoms with Crippen molar-refractivity contribution in [2.75, 3.05) is 54.5 Å². The molecular weight excluding hydrogens is 442 g/mol. The lowest BCUT2D eigenvalue weighted by Gasteiger charge is -2.24. The molecule has 3 aliphatic heterocycles. The van der Waals surface area contributed by atoms with E-state index in [1.165, 1.54) is 0 Å². The second-order valence-corrected chi connectivity index (χ2v) is 9.28. The molecule has 1 amide bonds. The molecule has 3 N–H and O–H groups in total. The number of aromatic amines is 1. The summed E-state index contributed by atoms with van der Waals surface area (Å²) in [7, 11) is 0. The van der Waals surface area contributed by atoms with E-state index in [9.17, 15) is 4.79 Å². The van der Waals surface area contributed by atoms with E-state index < -0.39 is 0 Å². The van der Waals surface area contributed by atoms with Gasteiger partial charge in [-0.25, -0.2) is 0 Å². The summed E-state index contributed by atoms with van der Waals surface area (Å²) in [6, 6.07) is 4.53. The maximum Gasteiger partial charge on any atom is 0.298 e. The number of anilines is 3. The number of rotatable bonds is 5. The van der Waals surface area contributed by atoms with Crippen molar-refractivity contribution in [1.29, 1.82) is 0 Å². The van der Waals surface area contributed by atoms with E-state index in [2.05, 4.69) is 30.6 Å². The van der Waals surface area contributed by atoms with Crippen molar-refractivity contribution < 1.29 is 13.9 Å². The summed E-state index contributed by atoms with van der Waals surface area (Å²) >= 11 is 1.55. The van der Waals surface area contributed by atoms with Crippen molar-refractivity contribution in [3.8, 4) is 0 Å². The predicted molar refractivity (Wildman–Crippen MR) is 127 cm³/mol. The zero-order valence-electron chi connectivity index (χ0n) is 18.0. The number of thioether (sulfide) groups is 1. The van der Waals surface area contributed by atoms with Gasteiger partial charge in [0.15, 0.2) is 5.58 Å². The first-order valence-corrected chi connectivity index (χ1v) is 12.1. The summed E-state index contributed by atoms with van der Waals surface area (Å²) in [5, 5.41) is 15.0. The smallest absolute Gasteiger partial charge is 0.298 e. The molecule has 2 aromatic heterocycles. The number of ether oxygens (including phenoxy) is 1. The molecular formula is C22H25N7O3S. The lowest BCUT2D eigenvalue weighted by Crippen LogP contribution is -2.36. The van der Waals surface area contributed by atoms with Gasteiger partial charge < -0.3 is 29.6 Å².